The number of aliphatic carboxylic acids is 1. The molecule has 1 aromatic heterocycles. The lowest BCUT2D eigenvalue weighted by atomic mass is 10.0. The fraction of sp³-hybridized carbons (Fsp3) is 0.519. The van der Waals surface area contributed by atoms with Gasteiger partial charge in [0.05, 0.1) is 5.56 Å². The number of benzene rings is 1. The summed E-state index contributed by atoms with van der Waals surface area (Å²) in [5.74, 6) is -6.71. The van der Waals surface area contributed by atoms with Crippen LogP contribution in [0.25, 0.3) is 0 Å². The van der Waals surface area contributed by atoms with E-state index in [0.717, 1.165) is 31.7 Å². The zero-order valence-corrected chi connectivity index (χ0v) is 20.8. The number of alkyl halides is 4. The van der Waals surface area contributed by atoms with E-state index in [2.05, 4.69) is 4.98 Å². The van der Waals surface area contributed by atoms with Crippen molar-refractivity contribution in [2.75, 3.05) is 13.2 Å². The van der Waals surface area contributed by atoms with Gasteiger partial charge in [0.1, 0.15) is 24.2 Å². The SMILES string of the molecule is O=C(O)[C@@H]1CCCN1C(=O)c1cc(C2CC2)c(OCc2cnc(OCC(F)(F)C(F)F)c(C3CC3)c2)cc1F. The van der Waals surface area contributed by atoms with Gasteiger partial charge >= 0.3 is 18.3 Å². The van der Waals surface area contributed by atoms with E-state index in [4.69, 9.17) is 9.47 Å². The molecule has 1 amide bonds. The van der Waals surface area contributed by atoms with E-state index in [0.29, 0.717) is 29.5 Å². The van der Waals surface area contributed by atoms with E-state index in [1.807, 2.05) is 0 Å². The first-order valence-electron chi connectivity index (χ1n) is 12.8. The molecular formula is C27H27F5N2O5. The Hall–Kier alpha value is -3.44. The smallest absolute Gasteiger partial charge is 0.340 e. The van der Waals surface area contributed by atoms with Crippen molar-refractivity contribution in [3.63, 3.8) is 0 Å². The molecule has 7 nitrogen and oxygen atoms in total. The molecule has 3 fully saturated rings. The van der Waals surface area contributed by atoms with Gasteiger partial charge in [-0.2, -0.15) is 8.78 Å². The molecule has 12 heteroatoms. The Labute approximate surface area is 220 Å². The number of likely N-dealkylation sites (tertiary alicyclic amines) is 1. The first-order chi connectivity index (χ1) is 18.5. The standard InChI is InChI=1S/C27H27F5N2O5/c28-20-10-22(17(15-3-4-15)9-19(20)24(35)34-7-1-2-21(34)25(36)37)38-12-14-8-18(16-5-6-16)23(33-11-14)39-13-27(31,32)26(29)30/h8-11,15-16,21,26H,1-7,12-13H2,(H,36,37)/t21-/m0/s1. The number of halogens is 5. The number of hydrogen-bond donors (Lipinski definition) is 1. The molecule has 2 aromatic rings. The van der Waals surface area contributed by atoms with Crippen LogP contribution in [-0.2, 0) is 11.4 Å². The van der Waals surface area contributed by atoms with E-state index < -0.39 is 42.7 Å². The molecule has 2 saturated carbocycles. The van der Waals surface area contributed by atoms with E-state index in [9.17, 15) is 32.3 Å². The van der Waals surface area contributed by atoms with Crippen molar-refractivity contribution in [3.05, 3.63) is 52.5 Å². The minimum Gasteiger partial charge on any atom is -0.488 e. The summed E-state index contributed by atoms with van der Waals surface area (Å²) in [4.78, 5) is 29.8. The van der Waals surface area contributed by atoms with Gasteiger partial charge in [-0.25, -0.2) is 22.9 Å². The van der Waals surface area contributed by atoms with Crippen LogP contribution in [0.4, 0.5) is 22.0 Å². The summed E-state index contributed by atoms with van der Waals surface area (Å²) in [6.45, 7) is -1.30. The topological polar surface area (TPSA) is 89.0 Å². The summed E-state index contributed by atoms with van der Waals surface area (Å²) in [6.07, 6.45) is 1.53. The number of carboxylic acids is 1. The summed E-state index contributed by atoms with van der Waals surface area (Å²) in [7, 11) is 0. The monoisotopic (exact) mass is 554 g/mol. The van der Waals surface area contributed by atoms with Gasteiger partial charge in [0.2, 0.25) is 5.88 Å². The van der Waals surface area contributed by atoms with Crippen LogP contribution in [0, 0.1) is 5.82 Å². The van der Waals surface area contributed by atoms with Crippen molar-refractivity contribution in [2.45, 2.75) is 75.4 Å². The van der Waals surface area contributed by atoms with Crippen molar-refractivity contribution in [2.24, 2.45) is 0 Å². The number of hydrogen-bond acceptors (Lipinski definition) is 5. The predicted octanol–water partition coefficient (Wildman–Crippen LogP) is 5.52. The van der Waals surface area contributed by atoms with Gasteiger partial charge in [-0.3, -0.25) is 4.79 Å². The zero-order valence-electron chi connectivity index (χ0n) is 20.8. The molecule has 1 atom stereocenters. The fourth-order valence-corrected chi connectivity index (χ4v) is 4.79. The number of rotatable bonds is 11. The molecule has 1 saturated heterocycles. The van der Waals surface area contributed by atoms with Gasteiger partial charge in [-0.15, -0.1) is 0 Å². The third kappa shape index (κ3) is 5.94. The second-order valence-corrected chi connectivity index (χ2v) is 10.3. The molecule has 1 aromatic carbocycles. The Morgan fingerprint density at radius 2 is 1.74 bits per heavy atom. The van der Waals surface area contributed by atoms with Gasteiger partial charge in [0, 0.05) is 29.9 Å². The Balaban J connectivity index is 1.32. The van der Waals surface area contributed by atoms with Crippen LogP contribution < -0.4 is 9.47 Å². The maximum Gasteiger partial charge on any atom is 0.340 e. The van der Waals surface area contributed by atoms with Crippen LogP contribution in [-0.4, -0.2) is 58.4 Å². The minimum absolute atomic E-state index is 0.0117. The Morgan fingerprint density at radius 1 is 1.05 bits per heavy atom. The van der Waals surface area contributed by atoms with Crippen LogP contribution in [0.15, 0.2) is 24.4 Å². The Morgan fingerprint density at radius 3 is 2.38 bits per heavy atom. The van der Waals surface area contributed by atoms with Gasteiger partial charge in [0.15, 0.2) is 6.61 Å². The second-order valence-electron chi connectivity index (χ2n) is 10.3. The minimum atomic E-state index is -4.30. The molecule has 3 aliphatic rings. The van der Waals surface area contributed by atoms with Gasteiger partial charge in [0.25, 0.3) is 5.91 Å². The molecule has 5 rings (SSSR count). The maximum absolute atomic E-state index is 15.1. The third-order valence-corrected chi connectivity index (χ3v) is 7.21. The molecular weight excluding hydrogens is 527 g/mol. The van der Waals surface area contributed by atoms with Gasteiger partial charge in [-0.1, -0.05) is 0 Å². The molecule has 2 heterocycles. The summed E-state index contributed by atoms with van der Waals surface area (Å²) >= 11 is 0. The largest absolute Gasteiger partial charge is 0.488 e. The average Bonchev–Trinajstić information content (AvgIpc) is 3.84. The van der Waals surface area contributed by atoms with Gasteiger partial charge < -0.3 is 19.5 Å². The number of pyridine rings is 1. The molecule has 0 radical (unpaired) electrons. The lowest BCUT2D eigenvalue weighted by molar-refractivity contribution is -0.148. The highest BCUT2D eigenvalue weighted by Crippen LogP contribution is 2.46. The number of carbonyl (C=O) groups excluding carboxylic acids is 1. The normalized spacial score (nSPS) is 19.4. The summed E-state index contributed by atoms with van der Waals surface area (Å²) in [5.41, 5.74) is 1.52. The molecule has 0 spiro atoms. The highest BCUT2D eigenvalue weighted by molar-refractivity contribution is 5.97. The highest BCUT2D eigenvalue weighted by Gasteiger charge is 2.42. The summed E-state index contributed by atoms with van der Waals surface area (Å²) < 4.78 is 77.6. The molecule has 2 aliphatic carbocycles. The van der Waals surface area contributed by atoms with Gasteiger partial charge in [-0.05, 0) is 68.1 Å². The predicted molar refractivity (Wildman–Crippen MR) is 127 cm³/mol. The van der Waals surface area contributed by atoms with Crippen LogP contribution >= 0.6 is 0 Å². The summed E-state index contributed by atoms with van der Waals surface area (Å²) in [5, 5.41) is 9.40. The van der Waals surface area contributed by atoms with Crippen molar-refractivity contribution >= 4 is 11.9 Å². The maximum atomic E-state index is 15.1. The average molecular weight is 555 g/mol. The highest BCUT2D eigenvalue weighted by atomic mass is 19.3. The van der Waals surface area contributed by atoms with E-state index in [1.54, 1.807) is 6.07 Å². The molecule has 1 aliphatic heterocycles. The van der Waals surface area contributed by atoms with Crippen LogP contribution in [0.1, 0.15) is 77.4 Å². The van der Waals surface area contributed by atoms with E-state index in [-0.39, 0.29) is 42.2 Å². The Kier molecular flexibility index (Phi) is 7.39. The number of carboxylic acid groups (broad SMARTS) is 1. The second kappa shape index (κ2) is 10.6. The molecule has 0 bridgehead atoms. The van der Waals surface area contributed by atoms with Crippen molar-refractivity contribution in [1.29, 1.82) is 0 Å². The number of nitrogens with zero attached hydrogens (tertiary/aromatic N) is 2. The van der Waals surface area contributed by atoms with Crippen LogP contribution in [0.3, 0.4) is 0 Å². The van der Waals surface area contributed by atoms with Crippen LogP contribution in [0.5, 0.6) is 11.6 Å². The number of carbonyl (C=O) groups is 2. The number of ether oxygens (including phenoxy) is 2. The zero-order chi connectivity index (χ0) is 27.9. The molecule has 210 valence electrons. The third-order valence-electron chi connectivity index (χ3n) is 7.21. The quantitative estimate of drug-likeness (QED) is 0.368. The van der Waals surface area contributed by atoms with E-state index >= 15 is 4.39 Å². The van der Waals surface area contributed by atoms with Crippen LogP contribution in [0.2, 0.25) is 0 Å². The molecule has 1 N–H and O–H groups in total. The first-order valence-corrected chi connectivity index (χ1v) is 12.8. The van der Waals surface area contributed by atoms with Crippen molar-refractivity contribution in [1.82, 2.24) is 9.88 Å². The fourth-order valence-electron chi connectivity index (χ4n) is 4.79. The number of aromatic nitrogens is 1. The summed E-state index contributed by atoms with van der Waals surface area (Å²) in [6, 6.07) is 3.24. The van der Waals surface area contributed by atoms with Crippen molar-refractivity contribution in [3.8, 4) is 11.6 Å². The Bertz CT molecular complexity index is 1270. The lowest BCUT2D eigenvalue weighted by Gasteiger charge is -2.22. The first kappa shape index (κ1) is 27.1. The van der Waals surface area contributed by atoms with Crippen molar-refractivity contribution < 1.29 is 46.1 Å². The molecule has 0 unspecified atom stereocenters. The lowest BCUT2D eigenvalue weighted by Crippen LogP contribution is -2.40. The number of amides is 1. The van der Waals surface area contributed by atoms with E-state index in [1.165, 1.54) is 17.2 Å². The molecule has 39 heavy (non-hydrogen) atoms.